The summed E-state index contributed by atoms with van der Waals surface area (Å²) in [5.74, 6) is -1.44. The first-order valence-electron chi connectivity index (χ1n) is 16.4. The van der Waals surface area contributed by atoms with E-state index in [4.69, 9.17) is 4.74 Å². The minimum Gasteiger partial charge on any atom is -0.508 e. The van der Waals surface area contributed by atoms with Crippen LogP contribution in [0, 0.1) is 0 Å². The Morgan fingerprint density at radius 3 is 1.46 bits per heavy atom. The molecule has 2 amide bonds. The first-order chi connectivity index (χ1) is 24.3. The molecule has 0 saturated heterocycles. The number of carbonyl (C=O) groups is 3. The van der Waals surface area contributed by atoms with E-state index in [2.05, 4.69) is 28.6 Å². The molecule has 0 bridgehead atoms. The molecule has 3 unspecified atom stereocenters. The largest absolute Gasteiger partial charge is 0.508 e. The molecule has 0 spiro atoms. The Kier molecular flexibility index (Phi) is 12.4. The summed E-state index contributed by atoms with van der Waals surface area (Å²) in [6.07, 6.45) is 0.297. The molecule has 50 heavy (non-hydrogen) atoms. The second-order valence-electron chi connectivity index (χ2n) is 11.9. The minimum atomic E-state index is -1.08. The molecule has 5 aromatic rings. The zero-order valence-electron chi connectivity index (χ0n) is 27.7. The lowest BCUT2D eigenvalue weighted by atomic mass is 9.76. The van der Waals surface area contributed by atoms with Gasteiger partial charge in [-0.25, -0.2) is 4.79 Å². The lowest BCUT2D eigenvalue weighted by Crippen LogP contribution is -2.60. The predicted octanol–water partition coefficient (Wildman–Crippen LogP) is 5.20. The van der Waals surface area contributed by atoms with E-state index in [9.17, 15) is 19.5 Å². The number of rotatable bonds is 15. The number of methoxy groups -OCH3 is 1. The first-order valence-corrected chi connectivity index (χ1v) is 17.0. The van der Waals surface area contributed by atoms with Gasteiger partial charge in [-0.05, 0) is 39.9 Å². The fraction of sp³-hybridized carbons (Fsp3) is 0.195. The highest BCUT2D eigenvalue weighted by Crippen LogP contribution is 2.37. The van der Waals surface area contributed by atoms with Crippen LogP contribution in [0.3, 0.4) is 0 Å². The van der Waals surface area contributed by atoms with Gasteiger partial charge >= 0.3 is 5.97 Å². The number of amides is 2. The Balaban J connectivity index is 1.48. The summed E-state index contributed by atoms with van der Waals surface area (Å²) >= 11 is 4.63. The van der Waals surface area contributed by atoms with Crippen LogP contribution in [0.15, 0.2) is 146 Å². The lowest BCUT2D eigenvalue weighted by molar-refractivity contribution is -0.145. The third kappa shape index (κ3) is 8.80. The summed E-state index contributed by atoms with van der Waals surface area (Å²) < 4.78 is 5.03. The topological polar surface area (TPSA) is 117 Å². The van der Waals surface area contributed by atoms with Crippen LogP contribution >= 0.6 is 12.6 Å². The van der Waals surface area contributed by atoms with Gasteiger partial charge in [0.15, 0.2) is 0 Å². The van der Waals surface area contributed by atoms with Gasteiger partial charge in [-0.2, -0.15) is 12.6 Å². The average molecular weight is 688 g/mol. The van der Waals surface area contributed by atoms with E-state index in [1.807, 2.05) is 121 Å². The van der Waals surface area contributed by atoms with Crippen molar-refractivity contribution in [2.45, 2.75) is 36.5 Å². The number of aromatic hydroxyl groups is 1. The SMILES string of the molecule is COC(=O)C(Cc1ccccc1)NC(=O)C(Cc1ccc(O)cc1)NC(=O)C(CS)NC(c1ccccc1)(c1ccccc1)c1ccccc1. The molecule has 0 saturated carbocycles. The van der Waals surface area contributed by atoms with Crippen LogP contribution in [-0.4, -0.2) is 53.9 Å². The van der Waals surface area contributed by atoms with Crippen molar-refractivity contribution in [1.29, 1.82) is 0 Å². The Bertz CT molecular complexity index is 1730. The molecule has 3 atom stereocenters. The molecule has 4 N–H and O–H groups in total. The zero-order chi connectivity index (χ0) is 35.3. The number of phenolic OH excluding ortho intramolecular Hbond substituents is 1. The van der Waals surface area contributed by atoms with Crippen LogP contribution in [0.2, 0.25) is 0 Å². The number of nitrogens with one attached hydrogen (secondary N) is 3. The first kappa shape index (κ1) is 35.9. The molecule has 0 heterocycles. The monoisotopic (exact) mass is 687 g/mol. The van der Waals surface area contributed by atoms with Gasteiger partial charge in [0.05, 0.1) is 18.7 Å². The van der Waals surface area contributed by atoms with E-state index < -0.39 is 41.4 Å². The van der Waals surface area contributed by atoms with Crippen LogP contribution in [0.4, 0.5) is 0 Å². The minimum absolute atomic E-state index is 0.0748. The molecule has 0 fully saturated rings. The fourth-order valence-electron chi connectivity index (χ4n) is 6.08. The highest BCUT2D eigenvalue weighted by atomic mass is 32.1. The van der Waals surface area contributed by atoms with Crippen molar-refractivity contribution < 1.29 is 24.2 Å². The number of hydrogen-bond acceptors (Lipinski definition) is 7. The van der Waals surface area contributed by atoms with Crippen molar-refractivity contribution >= 4 is 30.4 Å². The molecular formula is C41H41N3O5S. The summed E-state index contributed by atoms with van der Waals surface area (Å²) in [4.78, 5) is 41.2. The van der Waals surface area contributed by atoms with Crippen molar-refractivity contribution in [3.8, 4) is 5.75 Å². The van der Waals surface area contributed by atoms with Crippen LogP contribution < -0.4 is 16.0 Å². The normalized spacial score (nSPS) is 13.0. The highest BCUT2D eigenvalue weighted by Gasteiger charge is 2.40. The standard InChI is InChI=1S/C41H41N3O5S/c1-49-40(48)36(27-29-14-6-2-7-15-29)43-38(46)35(26-30-22-24-34(45)25-23-30)42-39(47)37(28-50)44-41(31-16-8-3-9-17-31,32-18-10-4-11-19-32)33-20-12-5-13-21-33/h2-25,35-37,44-45,50H,26-28H2,1H3,(H,42,47)(H,43,46). The second kappa shape index (κ2) is 17.3. The Morgan fingerprint density at radius 1 is 0.600 bits per heavy atom. The summed E-state index contributed by atoms with van der Waals surface area (Å²) in [6.45, 7) is 0. The van der Waals surface area contributed by atoms with Gasteiger partial charge in [0, 0.05) is 18.6 Å². The van der Waals surface area contributed by atoms with Gasteiger partial charge < -0.3 is 20.5 Å². The van der Waals surface area contributed by atoms with E-state index in [0.717, 1.165) is 22.3 Å². The number of carbonyl (C=O) groups excluding carboxylic acids is 3. The maximum absolute atomic E-state index is 14.3. The van der Waals surface area contributed by atoms with Gasteiger partial charge in [-0.1, -0.05) is 133 Å². The van der Waals surface area contributed by atoms with Crippen molar-refractivity contribution in [3.05, 3.63) is 173 Å². The third-order valence-electron chi connectivity index (χ3n) is 8.60. The summed E-state index contributed by atoms with van der Waals surface area (Å²) in [6, 6.07) is 42.4. The molecule has 0 radical (unpaired) electrons. The second-order valence-corrected chi connectivity index (χ2v) is 12.3. The van der Waals surface area contributed by atoms with Crippen molar-refractivity contribution in [3.63, 3.8) is 0 Å². The molecule has 256 valence electrons. The van der Waals surface area contributed by atoms with Gasteiger partial charge in [0.1, 0.15) is 17.8 Å². The molecule has 0 aliphatic rings. The Hall–Kier alpha value is -5.38. The maximum Gasteiger partial charge on any atom is 0.328 e. The van der Waals surface area contributed by atoms with Gasteiger partial charge in [0.25, 0.3) is 0 Å². The fourth-order valence-corrected chi connectivity index (χ4v) is 6.33. The smallest absolute Gasteiger partial charge is 0.328 e. The number of phenols is 1. The summed E-state index contributed by atoms with van der Waals surface area (Å²) in [7, 11) is 1.27. The number of ether oxygens (including phenoxy) is 1. The van der Waals surface area contributed by atoms with E-state index in [1.54, 1.807) is 12.1 Å². The number of hydrogen-bond donors (Lipinski definition) is 5. The molecule has 9 heteroatoms. The zero-order valence-corrected chi connectivity index (χ0v) is 28.6. The van der Waals surface area contributed by atoms with Crippen LogP contribution in [0.5, 0.6) is 5.75 Å². The van der Waals surface area contributed by atoms with Crippen molar-refractivity contribution in [2.75, 3.05) is 12.9 Å². The van der Waals surface area contributed by atoms with Crippen LogP contribution in [0.1, 0.15) is 27.8 Å². The molecule has 5 rings (SSSR count). The molecular weight excluding hydrogens is 647 g/mol. The average Bonchev–Trinajstić information content (AvgIpc) is 3.16. The quantitative estimate of drug-likeness (QED) is 0.0588. The molecule has 5 aromatic carbocycles. The molecule has 0 aromatic heterocycles. The molecule has 0 aliphatic heterocycles. The van der Waals surface area contributed by atoms with E-state index in [1.165, 1.54) is 19.2 Å². The van der Waals surface area contributed by atoms with Crippen molar-refractivity contribution in [1.82, 2.24) is 16.0 Å². The highest BCUT2D eigenvalue weighted by molar-refractivity contribution is 7.80. The van der Waals surface area contributed by atoms with Crippen molar-refractivity contribution in [2.24, 2.45) is 0 Å². The van der Waals surface area contributed by atoms with Gasteiger partial charge in [-0.3, -0.25) is 14.9 Å². The van der Waals surface area contributed by atoms with Gasteiger partial charge in [-0.15, -0.1) is 0 Å². The number of esters is 1. The summed E-state index contributed by atoms with van der Waals surface area (Å²) in [5, 5.41) is 19.3. The predicted molar refractivity (Wildman–Crippen MR) is 198 cm³/mol. The van der Waals surface area contributed by atoms with E-state index in [0.29, 0.717) is 5.56 Å². The lowest BCUT2D eigenvalue weighted by Gasteiger charge is -2.39. The number of thiol groups is 1. The Labute approximate surface area is 298 Å². The van der Waals surface area contributed by atoms with Crippen LogP contribution in [0.25, 0.3) is 0 Å². The maximum atomic E-state index is 14.3. The molecule has 0 aliphatic carbocycles. The van der Waals surface area contributed by atoms with E-state index >= 15 is 0 Å². The number of benzene rings is 5. The molecule has 8 nitrogen and oxygen atoms in total. The third-order valence-corrected chi connectivity index (χ3v) is 8.97. The van der Waals surface area contributed by atoms with E-state index in [-0.39, 0.29) is 24.3 Å². The Morgan fingerprint density at radius 2 is 1.00 bits per heavy atom. The summed E-state index contributed by atoms with van der Waals surface area (Å²) in [5.41, 5.74) is 3.31. The van der Waals surface area contributed by atoms with Gasteiger partial charge in [0.2, 0.25) is 11.8 Å². The van der Waals surface area contributed by atoms with Crippen LogP contribution in [-0.2, 0) is 37.5 Å².